The third-order valence-corrected chi connectivity index (χ3v) is 11.8. The quantitative estimate of drug-likeness (QED) is 0.161. The highest BCUT2D eigenvalue weighted by atomic mass is 19.4. The fourth-order valence-corrected chi connectivity index (χ4v) is 9.03. The topological polar surface area (TPSA) is 94.3 Å². The molecule has 8 nitrogen and oxygen atoms in total. The van der Waals surface area contributed by atoms with Crippen LogP contribution >= 0.6 is 0 Å². The van der Waals surface area contributed by atoms with Crippen LogP contribution in [0.4, 0.5) is 30.2 Å². The molecule has 0 atom stereocenters. The Balaban J connectivity index is 1.32. The molecule has 0 fully saturated rings. The summed E-state index contributed by atoms with van der Waals surface area (Å²) in [6.45, 7) is 23.3. The maximum absolute atomic E-state index is 15.1. The van der Waals surface area contributed by atoms with E-state index in [9.17, 15) is 15.8 Å². The van der Waals surface area contributed by atoms with Crippen molar-refractivity contribution in [2.45, 2.75) is 6.18 Å². The summed E-state index contributed by atoms with van der Waals surface area (Å²) in [4.78, 5) is 10.7. The van der Waals surface area contributed by atoms with Gasteiger partial charge in [0, 0.05) is 32.7 Å². The second-order valence-electron chi connectivity index (χ2n) is 15.5. The molecule has 0 saturated heterocycles. The minimum Gasteiger partial charge on any atom is -0.308 e. The van der Waals surface area contributed by atoms with Crippen LogP contribution < -0.4 is 0 Å². The summed E-state index contributed by atoms with van der Waals surface area (Å²) >= 11 is 0. The summed E-state index contributed by atoms with van der Waals surface area (Å²) in [6, 6.07) is 49.3. The summed E-state index contributed by atoms with van der Waals surface area (Å²) in [6.07, 6.45) is -4.84. The van der Waals surface area contributed by atoms with Gasteiger partial charge in [-0.1, -0.05) is 66.7 Å². The van der Waals surface area contributed by atoms with Crippen molar-refractivity contribution in [1.29, 1.82) is 15.8 Å². The van der Waals surface area contributed by atoms with Crippen molar-refractivity contribution in [1.82, 2.24) is 9.13 Å². The normalized spacial score (nSPS) is 11.2. The lowest BCUT2D eigenvalue weighted by Gasteiger charge is -2.21. The summed E-state index contributed by atoms with van der Waals surface area (Å²) in [5, 5.41) is 33.9. The van der Waals surface area contributed by atoms with Crippen molar-refractivity contribution in [3.05, 3.63) is 208 Å². The second-order valence-corrected chi connectivity index (χ2v) is 15.5. The summed E-state index contributed by atoms with van der Waals surface area (Å²) in [5.74, 6) is 0. The Morgan fingerprint density at radius 1 is 0.439 bits per heavy atom. The molecule has 0 amide bonds. The lowest BCUT2D eigenvalue weighted by atomic mass is 9.94. The molecule has 0 spiro atoms. The molecule has 10 aromatic rings. The number of aromatic nitrogens is 2. The summed E-state index contributed by atoms with van der Waals surface area (Å²) in [5.41, 5.74) is 5.71. The predicted molar refractivity (Wildman–Crippen MR) is 249 cm³/mol. The highest BCUT2D eigenvalue weighted by Crippen LogP contribution is 2.47. The van der Waals surface area contributed by atoms with Gasteiger partial charge in [0.15, 0.2) is 17.1 Å². The number of alkyl halides is 3. The van der Waals surface area contributed by atoms with E-state index in [1.807, 2.05) is 94.1 Å². The Hall–Kier alpha value is -9.91. The monoisotopic (exact) mass is 854 g/mol. The summed E-state index contributed by atoms with van der Waals surface area (Å²) in [7, 11) is 0. The van der Waals surface area contributed by atoms with E-state index in [-0.39, 0.29) is 33.8 Å². The molecule has 0 bridgehead atoms. The van der Waals surface area contributed by atoms with E-state index >= 15 is 13.2 Å². The molecule has 0 N–H and O–H groups in total. The maximum atomic E-state index is 15.1. The maximum Gasteiger partial charge on any atom is 0.415 e. The lowest BCUT2D eigenvalue weighted by molar-refractivity contribution is -0.137. The molecule has 10 rings (SSSR count). The number of rotatable bonds is 5. The summed E-state index contributed by atoms with van der Waals surface area (Å²) < 4.78 is 49.0. The van der Waals surface area contributed by atoms with Gasteiger partial charge in [-0.15, -0.1) is 0 Å². The van der Waals surface area contributed by atoms with Crippen molar-refractivity contribution in [3.8, 4) is 63.0 Å². The molecule has 0 radical (unpaired) electrons. The van der Waals surface area contributed by atoms with Gasteiger partial charge < -0.3 is 9.13 Å². The first-order valence-electron chi connectivity index (χ1n) is 20.2. The van der Waals surface area contributed by atoms with E-state index in [4.69, 9.17) is 19.7 Å². The Bertz CT molecular complexity index is 3740. The van der Waals surface area contributed by atoms with Crippen molar-refractivity contribution < 1.29 is 13.2 Å². The van der Waals surface area contributed by atoms with Crippen molar-refractivity contribution >= 4 is 60.7 Å². The van der Waals surface area contributed by atoms with E-state index < -0.39 is 11.7 Å². The zero-order valence-electron chi connectivity index (χ0n) is 34.1. The largest absolute Gasteiger partial charge is 0.415 e. The third-order valence-electron chi connectivity index (χ3n) is 11.8. The minimum absolute atomic E-state index is 0.0583. The number of benzene rings is 8. The molecule has 306 valence electrons. The molecule has 8 aromatic carbocycles. The number of para-hydroxylation sites is 2. The van der Waals surface area contributed by atoms with Gasteiger partial charge in [-0.25, -0.2) is 14.5 Å². The van der Waals surface area contributed by atoms with Crippen LogP contribution in [0.3, 0.4) is 0 Å². The molecule has 2 aromatic heterocycles. The number of nitriles is 3. The molecule has 0 aliphatic heterocycles. The van der Waals surface area contributed by atoms with Crippen LogP contribution in [0.5, 0.6) is 0 Å². The Labute approximate surface area is 374 Å². The molecule has 0 aliphatic rings. The molecule has 0 unspecified atom stereocenters. The molecule has 0 aliphatic carbocycles. The van der Waals surface area contributed by atoms with E-state index in [0.29, 0.717) is 55.7 Å². The number of nitrogens with zero attached hydrogens (tertiary/aromatic N) is 8. The van der Waals surface area contributed by atoms with Gasteiger partial charge in [0.2, 0.25) is 0 Å². The molecule has 11 heteroatoms. The average Bonchev–Trinajstić information content (AvgIpc) is 3.87. The van der Waals surface area contributed by atoms with Gasteiger partial charge in [-0.2, -0.15) is 29.0 Å². The predicted octanol–water partition coefficient (Wildman–Crippen LogP) is 15.2. The number of halogens is 3. The number of fused-ring (bicyclic) bond motifs is 6. The Morgan fingerprint density at radius 3 is 1.36 bits per heavy atom. The van der Waals surface area contributed by atoms with Crippen LogP contribution in [0.15, 0.2) is 152 Å². The molecule has 0 saturated carbocycles. The first kappa shape index (κ1) is 40.2. The van der Waals surface area contributed by atoms with Gasteiger partial charge in [-0.05, 0) is 118 Å². The van der Waals surface area contributed by atoms with Gasteiger partial charge in [0.1, 0.15) is 11.6 Å². The van der Waals surface area contributed by atoms with Crippen LogP contribution in [0, 0.1) is 53.7 Å². The Morgan fingerprint density at radius 2 is 0.924 bits per heavy atom. The van der Waals surface area contributed by atoms with Gasteiger partial charge in [-0.3, -0.25) is 0 Å². The van der Waals surface area contributed by atoms with Gasteiger partial charge in [0.05, 0.1) is 70.9 Å². The van der Waals surface area contributed by atoms with E-state index in [2.05, 4.69) is 32.7 Å². The highest BCUT2D eigenvalue weighted by Gasteiger charge is 2.35. The Kier molecular flexibility index (Phi) is 9.41. The van der Waals surface area contributed by atoms with Gasteiger partial charge >= 0.3 is 6.18 Å². The van der Waals surface area contributed by atoms with Crippen molar-refractivity contribution in [2.75, 3.05) is 0 Å². The first-order valence-corrected chi connectivity index (χ1v) is 20.2. The molecule has 2 heterocycles. The van der Waals surface area contributed by atoms with Crippen LogP contribution in [0.1, 0.15) is 22.3 Å². The zero-order chi connectivity index (χ0) is 45.9. The SMILES string of the molecule is [C-]#[N+]c1cc(C#N)cc(-c2ccc3c(c2)c2ccccc2n3-c2cc(-c3c([N+]#[C-])cccc3C(F)(F)F)cc(-n3c4ccccc4c4cc(-c5cc(C#N)cc([N+]#[C-])c5)ccc43)c2C#N)c1. The van der Waals surface area contributed by atoms with Crippen LogP contribution in [-0.4, -0.2) is 9.13 Å². The minimum atomic E-state index is -4.84. The van der Waals surface area contributed by atoms with Crippen LogP contribution in [-0.2, 0) is 6.18 Å². The van der Waals surface area contributed by atoms with Gasteiger partial charge in [0.25, 0.3) is 0 Å². The van der Waals surface area contributed by atoms with Crippen molar-refractivity contribution in [2.24, 2.45) is 0 Å². The zero-order valence-corrected chi connectivity index (χ0v) is 34.1. The van der Waals surface area contributed by atoms with E-state index in [1.54, 1.807) is 36.4 Å². The van der Waals surface area contributed by atoms with E-state index in [0.717, 1.165) is 38.7 Å². The number of hydrogen-bond donors (Lipinski definition) is 0. The van der Waals surface area contributed by atoms with E-state index in [1.165, 1.54) is 24.3 Å². The fourth-order valence-electron chi connectivity index (χ4n) is 9.03. The molecule has 66 heavy (non-hydrogen) atoms. The van der Waals surface area contributed by atoms with Crippen LogP contribution in [0.25, 0.3) is 103 Å². The van der Waals surface area contributed by atoms with Crippen molar-refractivity contribution in [3.63, 3.8) is 0 Å². The second kappa shape index (κ2) is 15.5. The molecular weight excluding hydrogens is 830 g/mol. The molecular formula is C55H25F3N8. The standard InChI is InChI=1S/C55H25F3N8/c1-62-39-21-32(29-59)19-36(23-39)34-15-17-50-43(25-34)41-9-4-6-13-48(41)65(50)52-27-38(54-46(55(56,57)58)11-8-12-47(54)64-3)28-53(45(52)31-61)66-49-14-7-5-10-42(49)44-26-35(16-18-51(44)66)37-20-33(30-60)22-40(24-37)63-2/h4-28H. The highest BCUT2D eigenvalue weighted by molar-refractivity contribution is 6.13. The third kappa shape index (κ3) is 6.42. The van der Waals surface area contributed by atoms with Crippen LogP contribution in [0.2, 0.25) is 0 Å². The average molecular weight is 855 g/mol. The fraction of sp³-hybridized carbons (Fsp3) is 0.0182. The first-order chi connectivity index (χ1) is 32.1. The number of hydrogen-bond acceptors (Lipinski definition) is 3. The lowest BCUT2D eigenvalue weighted by Crippen LogP contribution is -2.09. The smallest absolute Gasteiger partial charge is 0.308 e.